The summed E-state index contributed by atoms with van der Waals surface area (Å²) in [6.45, 7) is 4.63. The number of nitrogens with zero attached hydrogens (tertiary/aromatic N) is 2. The molecule has 1 atom stereocenters. The highest BCUT2D eigenvalue weighted by Gasteiger charge is 2.12. The third kappa shape index (κ3) is 3.80. The van der Waals surface area contributed by atoms with Gasteiger partial charge in [-0.2, -0.15) is 0 Å². The Bertz CT molecular complexity index is 588. The zero-order chi connectivity index (χ0) is 15.3. The average Bonchev–Trinajstić information content (AvgIpc) is 2.44. The fourth-order valence-electron chi connectivity index (χ4n) is 1.70. The number of carbonyl (C=O) groups excluding carboxylic acids is 1. The smallest absolute Gasteiger partial charge is 0.330 e. The van der Waals surface area contributed by atoms with Crippen molar-refractivity contribution in [2.45, 2.75) is 32.9 Å². The highest BCUT2D eigenvalue weighted by molar-refractivity contribution is 5.81. The van der Waals surface area contributed by atoms with E-state index in [0.29, 0.717) is 12.2 Å². The quantitative estimate of drug-likeness (QED) is 0.707. The molecule has 2 N–H and O–H groups in total. The van der Waals surface area contributed by atoms with E-state index in [1.165, 1.54) is 17.7 Å². The second-order valence-corrected chi connectivity index (χ2v) is 4.77. The lowest BCUT2D eigenvalue weighted by molar-refractivity contribution is -0.122. The van der Waals surface area contributed by atoms with E-state index in [-0.39, 0.29) is 29.7 Å². The van der Waals surface area contributed by atoms with Crippen molar-refractivity contribution in [1.82, 2.24) is 19.8 Å². The third-order valence-electron chi connectivity index (χ3n) is 3.16. The van der Waals surface area contributed by atoms with Crippen LogP contribution in [0.25, 0.3) is 0 Å². The Morgan fingerprint density at radius 2 is 1.95 bits per heavy atom. The minimum atomic E-state index is -0.388. The number of hydrogen-bond acceptors (Lipinski definition) is 4. The third-order valence-corrected chi connectivity index (χ3v) is 3.16. The maximum Gasteiger partial charge on any atom is 0.330 e. The van der Waals surface area contributed by atoms with Gasteiger partial charge < -0.3 is 10.6 Å². The van der Waals surface area contributed by atoms with E-state index in [1.807, 2.05) is 6.92 Å². The fourth-order valence-corrected chi connectivity index (χ4v) is 1.70. The topological polar surface area (TPSA) is 85.1 Å². The molecule has 7 heteroatoms. The molecular weight excluding hydrogens is 260 g/mol. The second-order valence-electron chi connectivity index (χ2n) is 4.77. The molecule has 0 bridgehead atoms. The maximum atomic E-state index is 11.7. The van der Waals surface area contributed by atoms with Gasteiger partial charge in [0.25, 0.3) is 5.56 Å². The number of aromatic nitrogens is 2. The van der Waals surface area contributed by atoms with Crippen LogP contribution < -0.4 is 21.9 Å². The van der Waals surface area contributed by atoms with Crippen molar-refractivity contribution in [2.75, 3.05) is 6.54 Å². The summed E-state index contributed by atoms with van der Waals surface area (Å²) < 4.78 is 2.44. The normalized spacial score (nSPS) is 12.2. The Hall–Kier alpha value is -1.89. The van der Waals surface area contributed by atoms with E-state index < -0.39 is 0 Å². The molecule has 0 spiro atoms. The lowest BCUT2D eigenvalue weighted by Crippen LogP contribution is -2.44. The summed E-state index contributed by atoms with van der Waals surface area (Å²) in [7, 11) is 3.03. The van der Waals surface area contributed by atoms with Crippen LogP contribution in [0.4, 0.5) is 0 Å². The minimum absolute atomic E-state index is 0.0966. The maximum absolute atomic E-state index is 11.7. The van der Waals surface area contributed by atoms with Gasteiger partial charge in [-0.15, -0.1) is 0 Å². The van der Waals surface area contributed by atoms with Gasteiger partial charge in [-0.3, -0.25) is 18.7 Å². The van der Waals surface area contributed by atoms with E-state index in [9.17, 15) is 14.4 Å². The number of rotatable bonds is 6. The molecule has 1 unspecified atom stereocenters. The molecule has 112 valence electrons. The second kappa shape index (κ2) is 7.04. The van der Waals surface area contributed by atoms with Crippen LogP contribution in [-0.2, 0) is 25.4 Å². The van der Waals surface area contributed by atoms with Gasteiger partial charge in [-0.05, 0) is 13.3 Å². The molecule has 20 heavy (non-hydrogen) atoms. The van der Waals surface area contributed by atoms with Crippen LogP contribution in [-0.4, -0.2) is 27.6 Å². The first-order valence-corrected chi connectivity index (χ1v) is 6.65. The van der Waals surface area contributed by atoms with E-state index in [1.54, 1.807) is 14.0 Å². The van der Waals surface area contributed by atoms with Crippen molar-refractivity contribution in [3.63, 3.8) is 0 Å². The SMILES string of the molecule is CCCNC(=O)C(C)NCc1cc(=O)n(C)c(=O)n1C. The Balaban J connectivity index is 2.74. The predicted octanol–water partition coefficient (Wildman–Crippen LogP) is -0.912. The van der Waals surface area contributed by atoms with Gasteiger partial charge in [0.1, 0.15) is 0 Å². The highest BCUT2D eigenvalue weighted by Crippen LogP contribution is 1.92. The van der Waals surface area contributed by atoms with E-state index in [0.717, 1.165) is 11.0 Å². The van der Waals surface area contributed by atoms with Crippen LogP contribution in [0.5, 0.6) is 0 Å². The average molecular weight is 282 g/mol. The Kier molecular flexibility index (Phi) is 5.69. The molecule has 0 aliphatic heterocycles. The van der Waals surface area contributed by atoms with Gasteiger partial charge in [-0.1, -0.05) is 6.92 Å². The molecule has 1 aromatic heterocycles. The zero-order valence-corrected chi connectivity index (χ0v) is 12.4. The Labute approximate surface area is 117 Å². The van der Waals surface area contributed by atoms with E-state index in [4.69, 9.17) is 0 Å². The zero-order valence-electron chi connectivity index (χ0n) is 12.4. The Morgan fingerprint density at radius 1 is 1.30 bits per heavy atom. The molecule has 0 radical (unpaired) electrons. The molecule has 0 saturated heterocycles. The van der Waals surface area contributed by atoms with Crippen LogP contribution in [0, 0.1) is 0 Å². The minimum Gasteiger partial charge on any atom is -0.355 e. The molecule has 0 aliphatic carbocycles. The molecule has 7 nitrogen and oxygen atoms in total. The van der Waals surface area contributed by atoms with Gasteiger partial charge in [0.2, 0.25) is 5.91 Å². The van der Waals surface area contributed by atoms with Gasteiger partial charge in [-0.25, -0.2) is 4.79 Å². The van der Waals surface area contributed by atoms with E-state index in [2.05, 4.69) is 10.6 Å². The summed E-state index contributed by atoms with van der Waals surface area (Å²) in [5.74, 6) is -0.0966. The van der Waals surface area contributed by atoms with E-state index >= 15 is 0 Å². The molecule has 1 heterocycles. The van der Waals surface area contributed by atoms with Crippen molar-refractivity contribution in [3.8, 4) is 0 Å². The number of carbonyl (C=O) groups is 1. The summed E-state index contributed by atoms with van der Waals surface area (Å²) in [6.07, 6.45) is 0.877. The number of nitrogens with one attached hydrogen (secondary N) is 2. The van der Waals surface area contributed by atoms with Gasteiger partial charge in [0.15, 0.2) is 0 Å². The van der Waals surface area contributed by atoms with Crippen molar-refractivity contribution in [3.05, 3.63) is 32.6 Å². The summed E-state index contributed by atoms with van der Waals surface area (Å²) >= 11 is 0. The lowest BCUT2D eigenvalue weighted by Gasteiger charge is -2.15. The van der Waals surface area contributed by atoms with Crippen LogP contribution >= 0.6 is 0 Å². The summed E-state index contributed by atoms with van der Waals surface area (Å²) in [6, 6.07) is 1.01. The number of hydrogen-bond donors (Lipinski definition) is 2. The molecule has 0 aromatic carbocycles. The summed E-state index contributed by atoms with van der Waals surface area (Å²) in [5, 5.41) is 5.78. The first kappa shape index (κ1) is 16.2. The van der Waals surface area contributed by atoms with Crippen LogP contribution in [0.15, 0.2) is 15.7 Å². The van der Waals surface area contributed by atoms with Gasteiger partial charge in [0.05, 0.1) is 6.04 Å². The first-order valence-electron chi connectivity index (χ1n) is 6.65. The standard InChI is InChI=1S/C13H22N4O3/c1-5-6-14-12(19)9(2)15-8-10-7-11(18)17(4)13(20)16(10)3/h7,9,15H,5-6,8H2,1-4H3,(H,14,19). The molecule has 0 aliphatic rings. The van der Waals surface area contributed by atoms with Crippen LogP contribution in [0.3, 0.4) is 0 Å². The Morgan fingerprint density at radius 3 is 2.55 bits per heavy atom. The monoisotopic (exact) mass is 282 g/mol. The van der Waals surface area contributed by atoms with Gasteiger partial charge in [0, 0.05) is 38.9 Å². The lowest BCUT2D eigenvalue weighted by atomic mass is 10.3. The van der Waals surface area contributed by atoms with Crippen LogP contribution in [0.1, 0.15) is 26.0 Å². The highest BCUT2D eigenvalue weighted by atomic mass is 16.2. The largest absolute Gasteiger partial charge is 0.355 e. The molecule has 0 saturated carbocycles. The fraction of sp³-hybridized carbons (Fsp3) is 0.615. The van der Waals surface area contributed by atoms with Gasteiger partial charge >= 0.3 is 5.69 Å². The molecular formula is C13H22N4O3. The van der Waals surface area contributed by atoms with Crippen molar-refractivity contribution >= 4 is 5.91 Å². The first-order chi connectivity index (χ1) is 9.38. The predicted molar refractivity (Wildman–Crippen MR) is 76.5 cm³/mol. The van der Waals surface area contributed by atoms with Crippen LogP contribution in [0.2, 0.25) is 0 Å². The molecule has 1 amide bonds. The molecule has 1 rings (SSSR count). The summed E-state index contributed by atoms with van der Waals surface area (Å²) in [4.78, 5) is 35.0. The van der Waals surface area contributed by atoms with Crippen molar-refractivity contribution < 1.29 is 4.79 Å². The van der Waals surface area contributed by atoms with Crippen molar-refractivity contribution in [1.29, 1.82) is 0 Å². The summed E-state index contributed by atoms with van der Waals surface area (Å²) in [5.41, 5.74) is -0.182. The molecule has 1 aromatic rings. The molecule has 0 fully saturated rings. The van der Waals surface area contributed by atoms with Crippen molar-refractivity contribution in [2.24, 2.45) is 14.1 Å². The number of amides is 1.